The van der Waals surface area contributed by atoms with E-state index >= 15 is 0 Å². The fourth-order valence-corrected chi connectivity index (χ4v) is 4.27. The normalized spacial score (nSPS) is 12.0. The van der Waals surface area contributed by atoms with E-state index in [1.165, 1.54) is 36.4 Å². The lowest BCUT2D eigenvalue weighted by molar-refractivity contribution is -0.136. The van der Waals surface area contributed by atoms with E-state index in [9.17, 15) is 30.8 Å². The molecular formula is C24H16F4N2O4S. The van der Waals surface area contributed by atoms with Gasteiger partial charge in [0.25, 0.3) is 5.91 Å². The number of carbonyl (C=O) groups is 1. The maximum Gasteiger partial charge on any atom is 0.418 e. The molecule has 1 amide bonds. The molecule has 35 heavy (non-hydrogen) atoms. The molecular weight excluding hydrogens is 488 g/mol. The van der Waals surface area contributed by atoms with E-state index in [2.05, 4.69) is 4.98 Å². The first-order chi connectivity index (χ1) is 16.3. The maximum absolute atomic E-state index is 14.0. The Bertz CT molecular complexity index is 1580. The number of para-hydroxylation sites is 1. The van der Waals surface area contributed by atoms with Crippen LogP contribution in [0.25, 0.3) is 22.0 Å². The number of nitrogens with two attached hydrogens (primary N) is 1. The zero-order valence-corrected chi connectivity index (χ0v) is 18.7. The predicted molar refractivity (Wildman–Crippen MR) is 120 cm³/mol. The average Bonchev–Trinajstić information content (AvgIpc) is 2.76. The average molecular weight is 504 g/mol. The molecule has 0 unspecified atom stereocenters. The first kappa shape index (κ1) is 24.1. The number of sulfone groups is 1. The summed E-state index contributed by atoms with van der Waals surface area (Å²) in [4.78, 5) is 15.6. The minimum atomic E-state index is -4.68. The lowest BCUT2D eigenvalue weighted by Crippen LogP contribution is -2.14. The van der Waals surface area contributed by atoms with Gasteiger partial charge in [0, 0.05) is 29.5 Å². The standard InChI is InChI=1S/C24H16F4N2O4S/c1-35(32,33)17-10-14(25)9-16(11-17)34-15-5-2-4-13(8-15)21-18-6-3-7-20(24(26,27)28)22(18)30-12-19(21)23(29)31/h2-12H,1H3,(H2,29,31). The Morgan fingerprint density at radius 3 is 2.37 bits per heavy atom. The smallest absolute Gasteiger partial charge is 0.418 e. The molecule has 2 N–H and O–H groups in total. The molecule has 0 saturated heterocycles. The highest BCUT2D eigenvalue weighted by Crippen LogP contribution is 2.39. The summed E-state index contributed by atoms with van der Waals surface area (Å²) in [6, 6.07) is 12.3. The van der Waals surface area contributed by atoms with Crippen LogP contribution in [0, 0.1) is 5.82 Å². The number of benzene rings is 3. The van der Waals surface area contributed by atoms with Gasteiger partial charge in [-0.25, -0.2) is 12.8 Å². The van der Waals surface area contributed by atoms with Gasteiger partial charge in [-0.05, 0) is 35.9 Å². The van der Waals surface area contributed by atoms with Gasteiger partial charge in [0.2, 0.25) is 0 Å². The van der Waals surface area contributed by atoms with Crippen molar-refractivity contribution in [3.63, 3.8) is 0 Å². The first-order valence-electron chi connectivity index (χ1n) is 9.92. The van der Waals surface area contributed by atoms with Gasteiger partial charge < -0.3 is 10.5 Å². The zero-order valence-electron chi connectivity index (χ0n) is 17.9. The second kappa shape index (κ2) is 8.66. The van der Waals surface area contributed by atoms with Crippen molar-refractivity contribution >= 4 is 26.6 Å². The largest absolute Gasteiger partial charge is 0.457 e. The minimum Gasteiger partial charge on any atom is -0.457 e. The van der Waals surface area contributed by atoms with Gasteiger partial charge in [-0.15, -0.1) is 0 Å². The number of fused-ring (bicyclic) bond motifs is 1. The Balaban J connectivity index is 1.88. The summed E-state index contributed by atoms with van der Waals surface area (Å²) >= 11 is 0. The molecule has 0 bridgehead atoms. The Labute approximate surface area is 196 Å². The van der Waals surface area contributed by atoms with E-state index in [1.54, 1.807) is 0 Å². The van der Waals surface area contributed by atoms with Crippen molar-refractivity contribution in [2.45, 2.75) is 11.1 Å². The lowest BCUT2D eigenvalue weighted by atomic mass is 9.94. The molecule has 0 fully saturated rings. The molecule has 1 aromatic heterocycles. The monoisotopic (exact) mass is 504 g/mol. The highest BCUT2D eigenvalue weighted by atomic mass is 32.2. The number of halogens is 4. The number of amides is 1. The van der Waals surface area contributed by atoms with Gasteiger partial charge in [-0.2, -0.15) is 13.2 Å². The third-order valence-corrected chi connectivity index (χ3v) is 6.19. The third-order valence-electron chi connectivity index (χ3n) is 5.10. The van der Waals surface area contributed by atoms with E-state index in [4.69, 9.17) is 10.5 Å². The summed E-state index contributed by atoms with van der Waals surface area (Å²) in [5.41, 5.74) is 4.40. The number of carbonyl (C=O) groups excluding carboxylic acids is 1. The first-order valence-corrected chi connectivity index (χ1v) is 11.8. The van der Waals surface area contributed by atoms with Crippen LogP contribution in [0.15, 0.2) is 71.8 Å². The van der Waals surface area contributed by atoms with Gasteiger partial charge in [0.1, 0.15) is 17.3 Å². The van der Waals surface area contributed by atoms with Crippen molar-refractivity contribution < 1.29 is 35.5 Å². The van der Waals surface area contributed by atoms with Crippen molar-refractivity contribution in [2.24, 2.45) is 5.73 Å². The van der Waals surface area contributed by atoms with Crippen molar-refractivity contribution in [3.8, 4) is 22.6 Å². The number of nitrogens with zero attached hydrogens (tertiary/aromatic N) is 1. The molecule has 0 atom stereocenters. The van der Waals surface area contributed by atoms with Crippen molar-refractivity contribution in [2.75, 3.05) is 6.26 Å². The number of hydrogen-bond donors (Lipinski definition) is 1. The van der Waals surface area contributed by atoms with Crippen LogP contribution in [-0.2, 0) is 16.0 Å². The summed E-state index contributed by atoms with van der Waals surface area (Å²) in [6.45, 7) is 0. The molecule has 1 heterocycles. The summed E-state index contributed by atoms with van der Waals surface area (Å²) < 4.78 is 83.8. The Hall–Kier alpha value is -3.99. The van der Waals surface area contributed by atoms with E-state index < -0.39 is 33.3 Å². The fourth-order valence-electron chi connectivity index (χ4n) is 3.61. The van der Waals surface area contributed by atoms with Crippen LogP contribution in [0.5, 0.6) is 11.5 Å². The molecule has 0 aliphatic heterocycles. The molecule has 0 spiro atoms. The second-order valence-electron chi connectivity index (χ2n) is 7.64. The lowest BCUT2D eigenvalue weighted by Gasteiger charge is -2.15. The van der Waals surface area contributed by atoms with Gasteiger partial charge in [0.05, 0.1) is 21.5 Å². The third kappa shape index (κ3) is 4.94. The van der Waals surface area contributed by atoms with Crippen LogP contribution in [0.3, 0.4) is 0 Å². The molecule has 4 aromatic rings. The maximum atomic E-state index is 14.0. The number of primary amides is 1. The summed E-state index contributed by atoms with van der Waals surface area (Å²) in [6.07, 6.45) is -2.79. The Morgan fingerprint density at radius 2 is 1.71 bits per heavy atom. The quantitative estimate of drug-likeness (QED) is 0.369. The molecule has 11 heteroatoms. The van der Waals surface area contributed by atoms with E-state index in [1.807, 2.05) is 0 Å². The predicted octanol–water partition coefficient (Wildman–Crippen LogP) is 5.35. The molecule has 3 aromatic carbocycles. The fraction of sp³-hybridized carbons (Fsp3) is 0.0833. The Kier molecular flexibility index (Phi) is 5.97. The highest BCUT2D eigenvalue weighted by molar-refractivity contribution is 7.90. The second-order valence-corrected chi connectivity index (χ2v) is 9.65. The number of hydrogen-bond acceptors (Lipinski definition) is 5. The molecule has 4 rings (SSSR count). The Morgan fingerprint density at radius 1 is 1.00 bits per heavy atom. The number of aromatic nitrogens is 1. The minimum absolute atomic E-state index is 0.0402. The van der Waals surface area contributed by atoms with Crippen molar-refractivity contribution in [3.05, 3.63) is 83.8 Å². The highest BCUT2D eigenvalue weighted by Gasteiger charge is 2.34. The number of pyridine rings is 1. The molecule has 6 nitrogen and oxygen atoms in total. The summed E-state index contributed by atoms with van der Waals surface area (Å²) in [5, 5.41) is 0.0402. The van der Waals surface area contributed by atoms with Gasteiger partial charge in [0.15, 0.2) is 9.84 Å². The topological polar surface area (TPSA) is 99.4 Å². The van der Waals surface area contributed by atoms with Crippen LogP contribution in [-0.4, -0.2) is 25.6 Å². The molecule has 0 saturated carbocycles. The van der Waals surface area contributed by atoms with Gasteiger partial charge in [-0.3, -0.25) is 9.78 Å². The van der Waals surface area contributed by atoms with Crippen LogP contribution in [0.1, 0.15) is 15.9 Å². The van der Waals surface area contributed by atoms with Gasteiger partial charge in [-0.1, -0.05) is 24.3 Å². The zero-order chi connectivity index (χ0) is 25.5. The molecule has 0 radical (unpaired) electrons. The number of alkyl halides is 3. The van der Waals surface area contributed by atoms with Crippen LogP contribution >= 0.6 is 0 Å². The van der Waals surface area contributed by atoms with Gasteiger partial charge >= 0.3 is 6.18 Å². The van der Waals surface area contributed by atoms with Crippen molar-refractivity contribution in [1.29, 1.82) is 0 Å². The SMILES string of the molecule is CS(=O)(=O)c1cc(F)cc(Oc2cccc(-c3c(C(N)=O)cnc4c(C(F)(F)F)cccc34)c2)c1. The summed E-state index contributed by atoms with van der Waals surface area (Å²) in [7, 11) is -3.72. The van der Waals surface area contributed by atoms with E-state index in [-0.39, 0.29) is 44.0 Å². The van der Waals surface area contributed by atoms with Crippen LogP contribution in [0.2, 0.25) is 0 Å². The van der Waals surface area contributed by atoms with Crippen LogP contribution in [0.4, 0.5) is 17.6 Å². The number of ether oxygens (including phenoxy) is 1. The molecule has 0 aliphatic rings. The van der Waals surface area contributed by atoms with E-state index in [0.29, 0.717) is 0 Å². The molecule has 180 valence electrons. The van der Waals surface area contributed by atoms with Crippen LogP contribution < -0.4 is 10.5 Å². The molecule has 0 aliphatic carbocycles. The number of rotatable bonds is 5. The van der Waals surface area contributed by atoms with E-state index in [0.717, 1.165) is 36.7 Å². The summed E-state index contributed by atoms with van der Waals surface area (Å²) in [5.74, 6) is -1.74. The van der Waals surface area contributed by atoms with Crippen molar-refractivity contribution in [1.82, 2.24) is 4.98 Å².